The molecule has 4 rings (SSSR count). The Labute approximate surface area is 202 Å². The summed E-state index contributed by atoms with van der Waals surface area (Å²) in [5.41, 5.74) is 3.04. The first-order chi connectivity index (χ1) is 16.0. The second-order valence-electron chi connectivity index (χ2n) is 9.27. The Hall–Kier alpha value is -2.37. The topological polar surface area (TPSA) is 50.2 Å². The lowest BCUT2D eigenvalue weighted by Crippen LogP contribution is -2.44. The Morgan fingerprint density at radius 1 is 1.06 bits per heavy atom. The average molecular weight is 467 g/mol. The number of carbonyl (C=O) groups excluding carboxylic acids is 1. The van der Waals surface area contributed by atoms with Crippen LogP contribution in [-0.2, 0) is 11.3 Å². The van der Waals surface area contributed by atoms with E-state index in [2.05, 4.69) is 36.2 Å². The molecule has 0 bridgehead atoms. The number of piperidine rings is 1. The normalized spacial score (nSPS) is 19.1. The highest BCUT2D eigenvalue weighted by molar-refractivity contribution is 6.31. The van der Waals surface area contributed by atoms with Crippen LogP contribution in [0.2, 0.25) is 5.02 Å². The molecule has 0 spiro atoms. The fraction of sp³-hybridized carbons (Fsp3) is 0.481. The van der Waals surface area contributed by atoms with Gasteiger partial charge < -0.3 is 5.32 Å². The van der Waals surface area contributed by atoms with Crippen LogP contribution in [0.25, 0.3) is 22.2 Å². The molecule has 1 N–H and O–H groups in total. The van der Waals surface area contributed by atoms with Gasteiger partial charge in [0.1, 0.15) is 5.69 Å². The van der Waals surface area contributed by atoms with E-state index in [1.807, 2.05) is 41.1 Å². The number of rotatable bonds is 9. The maximum absolute atomic E-state index is 12.4. The van der Waals surface area contributed by atoms with E-state index in [1.54, 1.807) is 0 Å². The maximum atomic E-state index is 12.4. The van der Waals surface area contributed by atoms with Gasteiger partial charge in [0, 0.05) is 54.1 Å². The number of likely N-dealkylation sites (tertiary alicyclic amines) is 1. The lowest BCUT2D eigenvalue weighted by molar-refractivity contribution is -0.121. The van der Waals surface area contributed by atoms with Gasteiger partial charge in [-0.2, -0.15) is 5.10 Å². The second kappa shape index (κ2) is 11.2. The number of aryl methyl sites for hydroxylation is 1. The molecule has 0 radical (unpaired) electrons. The van der Waals surface area contributed by atoms with Crippen molar-refractivity contribution in [3.8, 4) is 11.3 Å². The van der Waals surface area contributed by atoms with E-state index in [0.717, 1.165) is 48.1 Å². The summed E-state index contributed by atoms with van der Waals surface area (Å²) in [6, 6.07) is 17.4. The molecule has 176 valence electrons. The number of hydrogen-bond donors (Lipinski definition) is 1. The molecule has 2 aromatic carbocycles. The largest absolute Gasteiger partial charge is 0.356 e. The Morgan fingerprint density at radius 2 is 1.82 bits per heavy atom. The zero-order valence-corrected chi connectivity index (χ0v) is 20.5. The molecule has 1 fully saturated rings. The number of nitrogens with one attached hydrogen (secondary N) is 1. The fourth-order valence-electron chi connectivity index (χ4n) is 5.01. The minimum atomic E-state index is 0.123. The molecule has 1 aliphatic heterocycles. The number of carbonyl (C=O) groups is 1. The van der Waals surface area contributed by atoms with Crippen LogP contribution in [0, 0.1) is 0 Å². The SMILES string of the molecule is C[C@@H]1CCC[C@H](C)N1CCCNC(=O)CCCn1nc(-c2ccccc2)c2cc(Cl)ccc21. The van der Waals surface area contributed by atoms with Crippen molar-refractivity contribution in [1.82, 2.24) is 20.0 Å². The van der Waals surface area contributed by atoms with Gasteiger partial charge in [-0.3, -0.25) is 14.4 Å². The summed E-state index contributed by atoms with van der Waals surface area (Å²) in [4.78, 5) is 15.0. The molecular weight excluding hydrogens is 432 g/mol. The Morgan fingerprint density at radius 3 is 2.58 bits per heavy atom. The van der Waals surface area contributed by atoms with Crippen LogP contribution in [0.1, 0.15) is 52.4 Å². The molecule has 1 aromatic heterocycles. The summed E-state index contributed by atoms with van der Waals surface area (Å²) in [5.74, 6) is 0.123. The summed E-state index contributed by atoms with van der Waals surface area (Å²) >= 11 is 6.27. The van der Waals surface area contributed by atoms with Crippen molar-refractivity contribution in [2.45, 2.75) is 71.0 Å². The van der Waals surface area contributed by atoms with Crippen LogP contribution < -0.4 is 5.32 Å². The quantitative estimate of drug-likeness (QED) is 0.399. The van der Waals surface area contributed by atoms with Crippen molar-refractivity contribution in [1.29, 1.82) is 0 Å². The van der Waals surface area contributed by atoms with E-state index in [0.29, 0.717) is 30.1 Å². The van der Waals surface area contributed by atoms with Gasteiger partial charge in [0.2, 0.25) is 5.91 Å². The standard InChI is InChI=1S/C27H35ClN4O/c1-20-9-6-10-21(2)31(20)17-8-16-29-26(33)13-7-18-32-25-15-14-23(28)19-24(25)27(30-32)22-11-4-3-5-12-22/h3-5,11-12,14-15,19-21H,6-10,13,16-18H2,1-2H3,(H,29,33)/t20-,21+. The summed E-state index contributed by atoms with van der Waals surface area (Å²) in [5, 5.41) is 9.70. The van der Waals surface area contributed by atoms with Crippen LogP contribution >= 0.6 is 11.6 Å². The van der Waals surface area contributed by atoms with Crippen molar-refractivity contribution in [2.75, 3.05) is 13.1 Å². The average Bonchev–Trinajstić information content (AvgIpc) is 3.16. The molecule has 0 aliphatic carbocycles. The first kappa shape index (κ1) is 23.8. The number of halogens is 1. The molecule has 2 atom stereocenters. The first-order valence-corrected chi connectivity index (χ1v) is 12.6. The Balaban J connectivity index is 1.28. The van der Waals surface area contributed by atoms with E-state index in [4.69, 9.17) is 16.7 Å². The number of aromatic nitrogens is 2. The third kappa shape index (κ3) is 5.96. The molecule has 5 nitrogen and oxygen atoms in total. The predicted octanol–water partition coefficient (Wildman–Crippen LogP) is 5.91. The maximum Gasteiger partial charge on any atom is 0.220 e. The molecule has 3 aromatic rings. The van der Waals surface area contributed by atoms with Crippen molar-refractivity contribution >= 4 is 28.4 Å². The minimum Gasteiger partial charge on any atom is -0.356 e. The van der Waals surface area contributed by atoms with Gasteiger partial charge in [-0.05, 0) is 57.7 Å². The molecular formula is C27H35ClN4O. The Bertz CT molecular complexity index is 1050. The van der Waals surface area contributed by atoms with Gasteiger partial charge in [-0.15, -0.1) is 0 Å². The molecule has 0 saturated carbocycles. The van der Waals surface area contributed by atoms with Gasteiger partial charge in [0.05, 0.1) is 5.52 Å². The van der Waals surface area contributed by atoms with E-state index in [-0.39, 0.29) is 5.91 Å². The lowest BCUT2D eigenvalue weighted by Gasteiger charge is -2.39. The van der Waals surface area contributed by atoms with Crippen LogP contribution in [0.3, 0.4) is 0 Å². The van der Waals surface area contributed by atoms with E-state index in [9.17, 15) is 4.79 Å². The van der Waals surface area contributed by atoms with Gasteiger partial charge in [-0.1, -0.05) is 48.4 Å². The number of nitrogens with zero attached hydrogens (tertiary/aromatic N) is 3. The number of hydrogen-bond acceptors (Lipinski definition) is 3. The van der Waals surface area contributed by atoms with Gasteiger partial charge in [0.15, 0.2) is 0 Å². The molecule has 6 heteroatoms. The summed E-state index contributed by atoms with van der Waals surface area (Å²) in [7, 11) is 0. The summed E-state index contributed by atoms with van der Waals surface area (Å²) in [6.07, 6.45) is 6.17. The molecule has 0 unspecified atom stereocenters. The summed E-state index contributed by atoms with van der Waals surface area (Å²) < 4.78 is 2.00. The van der Waals surface area contributed by atoms with E-state index in [1.165, 1.54) is 19.3 Å². The van der Waals surface area contributed by atoms with Crippen molar-refractivity contribution < 1.29 is 4.79 Å². The fourth-order valence-corrected chi connectivity index (χ4v) is 5.19. The first-order valence-electron chi connectivity index (χ1n) is 12.3. The van der Waals surface area contributed by atoms with Crippen molar-refractivity contribution in [2.24, 2.45) is 0 Å². The highest BCUT2D eigenvalue weighted by Gasteiger charge is 2.23. The van der Waals surface area contributed by atoms with E-state index >= 15 is 0 Å². The molecule has 33 heavy (non-hydrogen) atoms. The van der Waals surface area contributed by atoms with Gasteiger partial charge in [-0.25, -0.2) is 0 Å². The molecule has 1 amide bonds. The van der Waals surface area contributed by atoms with Crippen LogP contribution in [0.5, 0.6) is 0 Å². The van der Waals surface area contributed by atoms with Crippen LogP contribution in [0.15, 0.2) is 48.5 Å². The number of amides is 1. The number of benzene rings is 2. The van der Waals surface area contributed by atoms with E-state index < -0.39 is 0 Å². The van der Waals surface area contributed by atoms with Crippen LogP contribution in [-0.4, -0.2) is 45.8 Å². The second-order valence-corrected chi connectivity index (χ2v) is 9.71. The third-order valence-electron chi connectivity index (χ3n) is 6.82. The summed E-state index contributed by atoms with van der Waals surface area (Å²) in [6.45, 7) is 7.15. The molecule has 1 aliphatic rings. The number of fused-ring (bicyclic) bond motifs is 1. The minimum absolute atomic E-state index is 0.123. The zero-order valence-electron chi connectivity index (χ0n) is 19.8. The predicted molar refractivity (Wildman–Crippen MR) is 137 cm³/mol. The Kier molecular flexibility index (Phi) is 8.05. The van der Waals surface area contributed by atoms with Crippen molar-refractivity contribution in [3.05, 3.63) is 53.6 Å². The highest BCUT2D eigenvalue weighted by atomic mass is 35.5. The third-order valence-corrected chi connectivity index (χ3v) is 7.06. The van der Waals surface area contributed by atoms with Crippen molar-refractivity contribution in [3.63, 3.8) is 0 Å². The smallest absolute Gasteiger partial charge is 0.220 e. The zero-order chi connectivity index (χ0) is 23.2. The highest BCUT2D eigenvalue weighted by Crippen LogP contribution is 2.30. The van der Waals surface area contributed by atoms with Gasteiger partial charge >= 0.3 is 0 Å². The molecule has 2 heterocycles. The lowest BCUT2D eigenvalue weighted by atomic mass is 9.97. The van der Waals surface area contributed by atoms with Crippen LogP contribution in [0.4, 0.5) is 0 Å². The molecule has 1 saturated heterocycles. The van der Waals surface area contributed by atoms with Gasteiger partial charge in [0.25, 0.3) is 0 Å². The monoisotopic (exact) mass is 466 g/mol.